The maximum absolute atomic E-state index is 5.87. The first kappa shape index (κ1) is 13.6. The Hall–Kier alpha value is -0.440. The molecule has 4 heteroatoms. The van der Waals surface area contributed by atoms with E-state index in [1.54, 1.807) is 18.2 Å². The SMILES string of the molecule is CCNCC(C)COc1cc(Cl)cc(Cl)c1. The molecule has 1 N–H and O–H groups in total. The zero-order chi connectivity index (χ0) is 12.0. The highest BCUT2D eigenvalue weighted by Gasteiger charge is 2.04. The van der Waals surface area contributed by atoms with Gasteiger partial charge in [0.1, 0.15) is 5.75 Å². The van der Waals surface area contributed by atoms with Gasteiger partial charge in [0, 0.05) is 22.5 Å². The van der Waals surface area contributed by atoms with Crippen LogP contribution in [-0.4, -0.2) is 19.7 Å². The van der Waals surface area contributed by atoms with Gasteiger partial charge in [0.05, 0.1) is 6.61 Å². The summed E-state index contributed by atoms with van der Waals surface area (Å²) >= 11 is 11.7. The Bertz CT molecular complexity index is 311. The van der Waals surface area contributed by atoms with Crippen LogP contribution in [0, 0.1) is 5.92 Å². The van der Waals surface area contributed by atoms with Crippen molar-refractivity contribution in [2.45, 2.75) is 13.8 Å². The van der Waals surface area contributed by atoms with Crippen LogP contribution in [0.2, 0.25) is 10.0 Å². The lowest BCUT2D eigenvalue weighted by Crippen LogP contribution is -2.24. The molecule has 1 atom stereocenters. The molecule has 0 aliphatic carbocycles. The smallest absolute Gasteiger partial charge is 0.122 e. The van der Waals surface area contributed by atoms with Crippen molar-refractivity contribution in [3.63, 3.8) is 0 Å². The van der Waals surface area contributed by atoms with Crippen LogP contribution in [0.25, 0.3) is 0 Å². The summed E-state index contributed by atoms with van der Waals surface area (Å²) in [7, 11) is 0. The number of halogens is 2. The zero-order valence-electron chi connectivity index (χ0n) is 9.59. The maximum Gasteiger partial charge on any atom is 0.122 e. The summed E-state index contributed by atoms with van der Waals surface area (Å²) < 4.78 is 5.62. The minimum absolute atomic E-state index is 0.456. The number of rotatable bonds is 6. The van der Waals surface area contributed by atoms with Crippen molar-refractivity contribution in [3.8, 4) is 5.75 Å². The van der Waals surface area contributed by atoms with Crippen LogP contribution in [0.5, 0.6) is 5.75 Å². The molecular weight excluding hydrogens is 245 g/mol. The van der Waals surface area contributed by atoms with Crippen molar-refractivity contribution in [1.82, 2.24) is 5.32 Å². The molecular formula is C12H17Cl2NO. The second-order valence-electron chi connectivity index (χ2n) is 3.83. The van der Waals surface area contributed by atoms with Gasteiger partial charge in [0.25, 0.3) is 0 Å². The van der Waals surface area contributed by atoms with E-state index in [-0.39, 0.29) is 0 Å². The average molecular weight is 262 g/mol. The fourth-order valence-corrected chi connectivity index (χ4v) is 1.81. The monoisotopic (exact) mass is 261 g/mol. The Labute approximate surface area is 107 Å². The fourth-order valence-electron chi connectivity index (χ4n) is 1.30. The molecule has 0 heterocycles. The summed E-state index contributed by atoms with van der Waals surface area (Å²) in [6, 6.07) is 5.23. The number of ether oxygens (including phenoxy) is 1. The van der Waals surface area contributed by atoms with E-state index in [4.69, 9.17) is 27.9 Å². The van der Waals surface area contributed by atoms with E-state index in [0.717, 1.165) is 18.8 Å². The summed E-state index contributed by atoms with van der Waals surface area (Å²) in [5.41, 5.74) is 0. The predicted molar refractivity (Wildman–Crippen MR) is 69.7 cm³/mol. The van der Waals surface area contributed by atoms with Gasteiger partial charge >= 0.3 is 0 Å². The lowest BCUT2D eigenvalue weighted by molar-refractivity contribution is 0.256. The van der Waals surface area contributed by atoms with Crippen LogP contribution < -0.4 is 10.1 Å². The second kappa shape index (κ2) is 7.00. The van der Waals surface area contributed by atoms with Crippen LogP contribution in [-0.2, 0) is 0 Å². The van der Waals surface area contributed by atoms with Gasteiger partial charge in [-0.1, -0.05) is 37.0 Å². The molecule has 0 aliphatic rings. The molecule has 16 heavy (non-hydrogen) atoms. The quantitative estimate of drug-likeness (QED) is 0.845. The van der Waals surface area contributed by atoms with Gasteiger partial charge < -0.3 is 10.1 Å². The summed E-state index contributed by atoms with van der Waals surface area (Å²) in [6.07, 6.45) is 0. The standard InChI is InChI=1S/C12H17Cl2NO/c1-3-15-7-9(2)8-16-12-5-10(13)4-11(14)6-12/h4-6,9,15H,3,7-8H2,1-2H3. The Morgan fingerprint density at radius 2 is 1.88 bits per heavy atom. The van der Waals surface area contributed by atoms with Crippen molar-refractivity contribution in [2.75, 3.05) is 19.7 Å². The Morgan fingerprint density at radius 3 is 2.44 bits per heavy atom. The third-order valence-corrected chi connectivity index (χ3v) is 2.55. The van der Waals surface area contributed by atoms with Gasteiger partial charge in [0.15, 0.2) is 0 Å². The molecule has 0 saturated heterocycles. The third kappa shape index (κ3) is 5.06. The van der Waals surface area contributed by atoms with E-state index >= 15 is 0 Å². The topological polar surface area (TPSA) is 21.3 Å². The van der Waals surface area contributed by atoms with Crippen molar-refractivity contribution in [3.05, 3.63) is 28.2 Å². The minimum Gasteiger partial charge on any atom is -0.493 e. The molecule has 0 aromatic heterocycles. The van der Waals surface area contributed by atoms with Gasteiger partial charge in [0.2, 0.25) is 0 Å². The van der Waals surface area contributed by atoms with Crippen molar-refractivity contribution in [2.24, 2.45) is 5.92 Å². The number of nitrogens with one attached hydrogen (secondary N) is 1. The largest absolute Gasteiger partial charge is 0.493 e. The summed E-state index contributed by atoms with van der Waals surface area (Å²) in [4.78, 5) is 0. The Kier molecular flexibility index (Phi) is 5.96. The average Bonchev–Trinajstić information content (AvgIpc) is 2.22. The van der Waals surface area contributed by atoms with E-state index in [9.17, 15) is 0 Å². The lowest BCUT2D eigenvalue weighted by atomic mass is 10.2. The molecule has 0 aliphatic heterocycles. The van der Waals surface area contributed by atoms with Crippen LogP contribution in [0.3, 0.4) is 0 Å². The summed E-state index contributed by atoms with van der Waals surface area (Å²) in [5.74, 6) is 1.18. The highest BCUT2D eigenvalue weighted by Crippen LogP contribution is 2.24. The van der Waals surface area contributed by atoms with Gasteiger partial charge in [-0.3, -0.25) is 0 Å². The van der Waals surface area contributed by atoms with Crippen molar-refractivity contribution in [1.29, 1.82) is 0 Å². The highest BCUT2D eigenvalue weighted by atomic mass is 35.5. The molecule has 1 aromatic carbocycles. The van der Waals surface area contributed by atoms with Gasteiger partial charge in [-0.25, -0.2) is 0 Å². The molecule has 2 nitrogen and oxygen atoms in total. The molecule has 0 spiro atoms. The fraction of sp³-hybridized carbons (Fsp3) is 0.500. The highest BCUT2D eigenvalue weighted by molar-refractivity contribution is 6.34. The van der Waals surface area contributed by atoms with E-state index in [2.05, 4.69) is 19.2 Å². The van der Waals surface area contributed by atoms with Gasteiger partial charge in [-0.05, 0) is 24.7 Å². The first-order valence-corrected chi connectivity index (χ1v) is 6.17. The molecule has 0 bridgehead atoms. The van der Waals surface area contributed by atoms with Crippen LogP contribution in [0.15, 0.2) is 18.2 Å². The van der Waals surface area contributed by atoms with Gasteiger partial charge in [-0.15, -0.1) is 0 Å². The van der Waals surface area contributed by atoms with Crippen LogP contribution in [0.1, 0.15) is 13.8 Å². The van der Waals surface area contributed by atoms with Crippen molar-refractivity contribution < 1.29 is 4.74 Å². The van der Waals surface area contributed by atoms with Crippen LogP contribution in [0.4, 0.5) is 0 Å². The molecule has 90 valence electrons. The lowest BCUT2D eigenvalue weighted by Gasteiger charge is -2.13. The molecule has 0 saturated carbocycles. The molecule has 0 radical (unpaired) electrons. The van der Waals surface area contributed by atoms with E-state index in [0.29, 0.717) is 22.6 Å². The maximum atomic E-state index is 5.87. The molecule has 0 fully saturated rings. The van der Waals surface area contributed by atoms with E-state index < -0.39 is 0 Å². The number of hydrogen-bond donors (Lipinski definition) is 1. The molecule has 1 unspecified atom stereocenters. The number of hydrogen-bond acceptors (Lipinski definition) is 2. The summed E-state index contributed by atoms with van der Waals surface area (Å²) in [6.45, 7) is 6.81. The second-order valence-corrected chi connectivity index (χ2v) is 4.70. The first-order valence-electron chi connectivity index (χ1n) is 5.41. The Balaban J connectivity index is 2.41. The molecule has 0 amide bonds. The van der Waals surface area contributed by atoms with E-state index in [1.807, 2.05) is 0 Å². The van der Waals surface area contributed by atoms with E-state index in [1.165, 1.54) is 0 Å². The Morgan fingerprint density at radius 1 is 1.25 bits per heavy atom. The minimum atomic E-state index is 0.456. The number of benzene rings is 1. The van der Waals surface area contributed by atoms with Crippen molar-refractivity contribution >= 4 is 23.2 Å². The predicted octanol–water partition coefficient (Wildman–Crippen LogP) is 3.62. The first-order chi connectivity index (χ1) is 7.61. The molecule has 1 rings (SSSR count). The molecule has 1 aromatic rings. The normalized spacial score (nSPS) is 12.5. The van der Waals surface area contributed by atoms with Gasteiger partial charge in [-0.2, -0.15) is 0 Å². The van der Waals surface area contributed by atoms with Crippen LogP contribution >= 0.6 is 23.2 Å². The third-order valence-electron chi connectivity index (χ3n) is 2.11. The zero-order valence-corrected chi connectivity index (χ0v) is 11.1. The summed E-state index contributed by atoms with van der Waals surface area (Å²) in [5, 5.41) is 4.47.